The van der Waals surface area contributed by atoms with Crippen molar-refractivity contribution in [3.8, 4) is 0 Å². The average Bonchev–Trinajstić information content (AvgIpc) is 2.25. The maximum atomic E-state index is 11.4. The first-order chi connectivity index (χ1) is 7.88. The number of amides is 1. The minimum absolute atomic E-state index is 0.0312. The van der Waals surface area contributed by atoms with Crippen LogP contribution in [0.2, 0.25) is 0 Å². The number of carbonyl (C=O) groups excluding carboxylic acids is 1. The zero-order valence-electron chi connectivity index (χ0n) is 10.8. The molecule has 0 heterocycles. The number of carbonyl (C=O) groups is 1. The Bertz CT molecular complexity index is 357. The van der Waals surface area contributed by atoms with Gasteiger partial charge < -0.3 is 4.74 Å². The van der Waals surface area contributed by atoms with Crippen molar-refractivity contribution in [2.24, 2.45) is 0 Å². The topological polar surface area (TPSA) is 50.4 Å². The van der Waals surface area contributed by atoms with E-state index in [-0.39, 0.29) is 6.04 Å². The zero-order valence-corrected chi connectivity index (χ0v) is 10.8. The summed E-state index contributed by atoms with van der Waals surface area (Å²) in [6, 6.07) is 9.89. The molecule has 0 unspecified atom stereocenters. The molecule has 17 heavy (non-hydrogen) atoms. The molecule has 1 rings (SSSR count). The van der Waals surface area contributed by atoms with Crippen molar-refractivity contribution in [1.29, 1.82) is 0 Å². The summed E-state index contributed by atoms with van der Waals surface area (Å²) in [5, 5.41) is 0. The van der Waals surface area contributed by atoms with E-state index in [4.69, 9.17) is 4.74 Å². The third kappa shape index (κ3) is 5.36. The fraction of sp³-hybridized carbons (Fsp3) is 0.462. The van der Waals surface area contributed by atoms with Crippen LogP contribution in [0.4, 0.5) is 4.79 Å². The average molecular weight is 236 g/mol. The highest BCUT2D eigenvalue weighted by atomic mass is 16.6. The van der Waals surface area contributed by atoms with Crippen LogP contribution >= 0.6 is 0 Å². The minimum Gasteiger partial charge on any atom is -0.443 e. The lowest BCUT2D eigenvalue weighted by Crippen LogP contribution is -2.42. The summed E-state index contributed by atoms with van der Waals surface area (Å²) < 4.78 is 5.11. The molecule has 4 heteroatoms. The summed E-state index contributed by atoms with van der Waals surface area (Å²) in [6.45, 7) is 7.44. The monoisotopic (exact) mass is 236 g/mol. The smallest absolute Gasteiger partial charge is 0.422 e. The molecule has 2 N–H and O–H groups in total. The SMILES string of the molecule is C[C@@H](NNC(=O)OC(C)(C)C)c1ccccc1. The standard InChI is InChI=1S/C13H20N2O2/c1-10(11-8-6-5-7-9-11)14-15-12(16)17-13(2,3)4/h5-10,14H,1-4H3,(H,15,16)/t10-/m1/s1. The van der Waals surface area contributed by atoms with Crippen LogP contribution in [-0.2, 0) is 4.74 Å². The van der Waals surface area contributed by atoms with Gasteiger partial charge in [-0.3, -0.25) is 5.43 Å². The Morgan fingerprint density at radius 2 is 1.82 bits per heavy atom. The first-order valence-corrected chi connectivity index (χ1v) is 5.68. The number of ether oxygens (including phenoxy) is 1. The lowest BCUT2D eigenvalue weighted by Gasteiger charge is -2.21. The van der Waals surface area contributed by atoms with Crippen molar-refractivity contribution in [2.75, 3.05) is 0 Å². The van der Waals surface area contributed by atoms with Crippen molar-refractivity contribution in [2.45, 2.75) is 39.3 Å². The van der Waals surface area contributed by atoms with Gasteiger partial charge in [0.15, 0.2) is 0 Å². The molecular formula is C13H20N2O2. The fourth-order valence-electron chi connectivity index (χ4n) is 1.30. The van der Waals surface area contributed by atoms with E-state index in [2.05, 4.69) is 10.9 Å². The van der Waals surface area contributed by atoms with Gasteiger partial charge in [0, 0.05) is 6.04 Å². The second kappa shape index (κ2) is 5.68. The van der Waals surface area contributed by atoms with Crippen LogP contribution in [0, 0.1) is 0 Å². The molecule has 1 amide bonds. The first kappa shape index (κ1) is 13.5. The van der Waals surface area contributed by atoms with Crippen molar-refractivity contribution < 1.29 is 9.53 Å². The second-order valence-electron chi connectivity index (χ2n) is 4.90. The molecule has 0 aromatic heterocycles. The summed E-state index contributed by atoms with van der Waals surface area (Å²) in [5.74, 6) is 0. The van der Waals surface area contributed by atoms with Gasteiger partial charge in [0.2, 0.25) is 0 Å². The van der Waals surface area contributed by atoms with E-state index >= 15 is 0 Å². The number of hydrazine groups is 1. The Balaban J connectivity index is 2.39. The van der Waals surface area contributed by atoms with Gasteiger partial charge in [0.25, 0.3) is 0 Å². The van der Waals surface area contributed by atoms with Gasteiger partial charge in [-0.1, -0.05) is 30.3 Å². The van der Waals surface area contributed by atoms with E-state index in [1.165, 1.54) is 0 Å². The summed E-state index contributed by atoms with van der Waals surface area (Å²) in [5.41, 5.74) is 6.04. The van der Waals surface area contributed by atoms with Crippen molar-refractivity contribution in [1.82, 2.24) is 10.9 Å². The predicted octanol–water partition coefficient (Wildman–Crippen LogP) is 2.78. The van der Waals surface area contributed by atoms with Gasteiger partial charge in [-0.05, 0) is 33.3 Å². The fourth-order valence-corrected chi connectivity index (χ4v) is 1.30. The molecule has 1 aromatic rings. The van der Waals surface area contributed by atoms with E-state index < -0.39 is 11.7 Å². The van der Waals surface area contributed by atoms with Crippen LogP contribution in [0.5, 0.6) is 0 Å². The van der Waals surface area contributed by atoms with Crippen LogP contribution in [0.15, 0.2) is 30.3 Å². The van der Waals surface area contributed by atoms with Gasteiger partial charge in [0.1, 0.15) is 5.60 Å². The quantitative estimate of drug-likeness (QED) is 0.793. The molecule has 0 aliphatic rings. The number of hydrogen-bond acceptors (Lipinski definition) is 3. The number of rotatable bonds is 3. The van der Waals surface area contributed by atoms with Gasteiger partial charge in [-0.2, -0.15) is 0 Å². The molecule has 0 saturated heterocycles. The third-order valence-electron chi connectivity index (χ3n) is 2.09. The molecule has 0 saturated carbocycles. The maximum absolute atomic E-state index is 11.4. The molecule has 0 radical (unpaired) electrons. The molecular weight excluding hydrogens is 216 g/mol. The number of benzene rings is 1. The summed E-state index contributed by atoms with van der Waals surface area (Å²) >= 11 is 0. The normalized spacial score (nSPS) is 12.9. The summed E-state index contributed by atoms with van der Waals surface area (Å²) in [4.78, 5) is 11.4. The lowest BCUT2D eigenvalue weighted by atomic mass is 10.1. The van der Waals surface area contributed by atoms with Gasteiger partial charge >= 0.3 is 6.09 Å². The minimum atomic E-state index is -0.484. The van der Waals surface area contributed by atoms with Crippen molar-refractivity contribution in [3.05, 3.63) is 35.9 Å². The Kier molecular flexibility index (Phi) is 4.52. The predicted molar refractivity (Wildman–Crippen MR) is 67.4 cm³/mol. The lowest BCUT2D eigenvalue weighted by molar-refractivity contribution is 0.0489. The van der Waals surface area contributed by atoms with Crippen LogP contribution in [-0.4, -0.2) is 11.7 Å². The molecule has 4 nitrogen and oxygen atoms in total. The summed E-state index contributed by atoms with van der Waals surface area (Å²) in [7, 11) is 0. The van der Waals surface area contributed by atoms with Crippen LogP contribution in [0.3, 0.4) is 0 Å². The summed E-state index contributed by atoms with van der Waals surface area (Å²) in [6.07, 6.45) is -0.472. The van der Waals surface area contributed by atoms with Crippen LogP contribution < -0.4 is 10.9 Å². The van der Waals surface area contributed by atoms with Gasteiger partial charge in [-0.25, -0.2) is 10.2 Å². The highest BCUT2D eigenvalue weighted by Gasteiger charge is 2.16. The van der Waals surface area contributed by atoms with Crippen molar-refractivity contribution >= 4 is 6.09 Å². The molecule has 0 fully saturated rings. The molecule has 0 aliphatic carbocycles. The Morgan fingerprint density at radius 3 is 2.35 bits per heavy atom. The largest absolute Gasteiger partial charge is 0.443 e. The Hall–Kier alpha value is -1.55. The van der Waals surface area contributed by atoms with Gasteiger partial charge in [0.05, 0.1) is 0 Å². The first-order valence-electron chi connectivity index (χ1n) is 5.68. The number of nitrogens with one attached hydrogen (secondary N) is 2. The molecule has 0 bridgehead atoms. The van der Waals surface area contributed by atoms with Gasteiger partial charge in [-0.15, -0.1) is 0 Å². The highest BCUT2D eigenvalue weighted by Crippen LogP contribution is 2.10. The van der Waals surface area contributed by atoms with E-state index in [1.54, 1.807) is 0 Å². The second-order valence-corrected chi connectivity index (χ2v) is 4.90. The highest BCUT2D eigenvalue weighted by molar-refractivity contribution is 5.67. The molecule has 94 valence electrons. The maximum Gasteiger partial charge on any atom is 0.422 e. The van der Waals surface area contributed by atoms with E-state index in [1.807, 2.05) is 58.0 Å². The van der Waals surface area contributed by atoms with E-state index in [0.29, 0.717) is 0 Å². The molecule has 0 aliphatic heterocycles. The van der Waals surface area contributed by atoms with Crippen LogP contribution in [0.1, 0.15) is 39.3 Å². The Labute approximate surface area is 102 Å². The molecule has 1 atom stereocenters. The van der Waals surface area contributed by atoms with E-state index in [0.717, 1.165) is 5.56 Å². The zero-order chi connectivity index (χ0) is 12.9. The number of hydrogen-bond donors (Lipinski definition) is 2. The molecule has 0 spiro atoms. The van der Waals surface area contributed by atoms with E-state index in [9.17, 15) is 4.79 Å². The Morgan fingerprint density at radius 1 is 1.24 bits per heavy atom. The van der Waals surface area contributed by atoms with Crippen molar-refractivity contribution in [3.63, 3.8) is 0 Å². The van der Waals surface area contributed by atoms with Crippen LogP contribution in [0.25, 0.3) is 0 Å². The third-order valence-corrected chi connectivity index (χ3v) is 2.09. The molecule has 1 aromatic carbocycles.